The molecule has 8 heteroatoms. The van der Waals surface area contributed by atoms with E-state index in [4.69, 9.17) is 9.47 Å². The minimum Gasteiger partial charge on any atom is -0.497 e. The number of rotatable bonds is 9. The third-order valence-corrected chi connectivity index (χ3v) is 5.98. The standard InChI is InChI=1S/C21H27N3O4S/c1-14-13-29-19(23-14)6-4-5-9-22-21(26)15-10-20(25)24(12-15)17-11-16(27-2)7-8-18(17)28-3/h7-8,11,13,15H,4-6,9-10,12H2,1-3H3,(H,22,26). The first-order valence-electron chi connectivity index (χ1n) is 9.73. The molecule has 3 rings (SSSR count). The Morgan fingerprint density at radius 1 is 1.31 bits per heavy atom. The Bertz CT molecular complexity index is 867. The number of aryl methyl sites for hydroxylation is 2. The van der Waals surface area contributed by atoms with Gasteiger partial charge in [-0.25, -0.2) is 4.98 Å². The third-order valence-electron chi connectivity index (χ3n) is 4.96. The molecular weight excluding hydrogens is 390 g/mol. The predicted molar refractivity (Wildman–Crippen MR) is 113 cm³/mol. The van der Waals surface area contributed by atoms with Crippen molar-refractivity contribution in [1.82, 2.24) is 10.3 Å². The minimum absolute atomic E-state index is 0.0761. The van der Waals surface area contributed by atoms with E-state index in [2.05, 4.69) is 15.7 Å². The normalized spacial score (nSPS) is 16.2. The van der Waals surface area contributed by atoms with Crippen LogP contribution in [0.1, 0.15) is 30.0 Å². The van der Waals surface area contributed by atoms with Crippen LogP contribution in [0.25, 0.3) is 0 Å². The van der Waals surface area contributed by atoms with E-state index in [1.165, 1.54) is 0 Å². The molecule has 2 heterocycles. The summed E-state index contributed by atoms with van der Waals surface area (Å²) in [6.07, 6.45) is 2.99. The summed E-state index contributed by atoms with van der Waals surface area (Å²) in [6.45, 7) is 2.94. The molecule has 1 unspecified atom stereocenters. The van der Waals surface area contributed by atoms with Crippen molar-refractivity contribution in [3.63, 3.8) is 0 Å². The maximum absolute atomic E-state index is 12.5. The fraction of sp³-hybridized carbons (Fsp3) is 0.476. The van der Waals surface area contributed by atoms with Gasteiger partial charge in [-0.15, -0.1) is 11.3 Å². The average molecular weight is 418 g/mol. The van der Waals surface area contributed by atoms with Gasteiger partial charge in [0.1, 0.15) is 11.5 Å². The number of ether oxygens (including phenoxy) is 2. The Balaban J connectivity index is 1.50. The molecule has 1 fully saturated rings. The first kappa shape index (κ1) is 21.1. The van der Waals surface area contributed by atoms with Gasteiger partial charge in [0.15, 0.2) is 0 Å². The van der Waals surface area contributed by atoms with Gasteiger partial charge in [0.25, 0.3) is 0 Å². The highest BCUT2D eigenvalue weighted by Gasteiger charge is 2.36. The lowest BCUT2D eigenvalue weighted by atomic mass is 10.1. The van der Waals surface area contributed by atoms with Crippen molar-refractivity contribution in [3.8, 4) is 11.5 Å². The number of carbonyl (C=O) groups excluding carboxylic acids is 2. The molecule has 1 aromatic carbocycles. The molecule has 1 aliphatic rings. The molecule has 2 aromatic rings. The van der Waals surface area contributed by atoms with E-state index in [1.54, 1.807) is 48.7 Å². The van der Waals surface area contributed by atoms with Crippen molar-refractivity contribution in [3.05, 3.63) is 34.3 Å². The van der Waals surface area contributed by atoms with E-state index in [1.807, 2.05) is 6.92 Å². The van der Waals surface area contributed by atoms with E-state index < -0.39 is 0 Å². The monoisotopic (exact) mass is 417 g/mol. The molecule has 156 valence electrons. The number of amides is 2. The van der Waals surface area contributed by atoms with Gasteiger partial charge in [0.05, 0.1) is 30.8 Å². The van der Waals surface area contributed by atoms with Crippen LogP contribution in [0.2, 0.25) is 0 Å². The van der Waals surface area contributed by atoms with Gasteiger partial charge in [-0.2, -0.15) is 0 Å². The number of carbonyl (C=O) groups is 2. The molecule has 1 atom stereocenters. The van der Waals surface area contributed by atoms with Crippen LogP contribution >= 0.6 is 11.3 Å². The number of nitrogens with one attached hydrogen (secondary N) is 1. The third kappa shape index (κ3) is 5.26. The highest BCUT2D eigenvalue weighted by molar-refractivity contribution is 7.09. The largest absolute Gasteiger partial charge is 0.497 e. The van der Waals surface area contributed by atoms with Gasteiger partial charge >= 0.3 is 0 Å². The molecule has 2 amide bonds. The van der Waals surface area contributed by atoms with E-state index in [-0.39, 0.29) is 24.2 Å². The smallest absolute Gasteiger partial charge is 0.227 e. The second-order valence-electron chi connectivity index (χ2n) is 7.07. The SMILES string of the molecule is COc1ccc(OC)c(N2CC(C(=O)NCCCCc3nc(C)cs3)CC2=O)c1. The molecule has 0 aliphatic carbocycles. The Labute approximate surface area is 175 Å². The molecule has 7 nitrogen and oxygen atoms in total. The molecule has 0 bridgehead atoms. The van der Waals surface area contributed by atoms with Crippen molar-refractivity contribution in [2.24, 2.45) is 5.92 Å². The molecular formula is C21H27N3O4S. The number of unbranched alkanes of at least 4 members (excludes halogenated alkanes) is 1. The van der Waals surface area contributed by atoms with Gasteiger partial charge in [0.2, 0.25) is 11.8 Å². The van der Waals surface area contributed by atoms with Crippen molar-refractivity contribution >= 4 is 28.8 Å². The number of methoxy groups -OCH3 is 2. The lowest BCUT2D eigenvalue weighted by molar-refractivity contribution is -0.126. The Kier molecular flexibility index (Phi) is 7.09. The van der Waals surface area contributed by atoms with E-state index in [0.29, 0.717) is 30.3 Å². The van der Waals surface area contributed by atoms with Crippen molar-refractivity contribution in [2.75, 3.05) is 32.2 Å². The summed E-state index contributed by atoms with van der Waals surface area (Å²) >= 11 is 1.68. The lowest BCUT2D eigenvalue weighted by Gasteiger charge is -2.20. The van der Waals surface area contributed by atoms with Gasteiger partial charge in [-0.05, 0) is 38.3 Å². The second kappa shape index (κ2) is 9.73. The van der Waals surface area contributed by atoms with Crippen molar-refractivity contribution in [2.45, 2.75) is 32.6 Å². The first-order valence-corrected chi connectivity index (χ1v) is 10.6. The van der Waals surface area contributed by atoms with Gasteiger partial charge < -0.3 is 19.7 Å². The molecule has 0 saturated carbocycles. The maximum atomic E-state index is 12.5. The van der Waals surface area contributed by atoms with Crippen molar-refractivity contribution < 1.29 is 19.1 Å². The van der Waals surface area contributed by atoms with Gasteiger partial charge in [-0.3, -0.25) is 9.59 Å². The number of nitrogens with zero attached hydrogens (tertiary/aromatic N) is 2. The molecule has 1 saturated heterocycles. The van der Waals surface area contributed by atoms with Crippen LogP contribution in [-0.2, 0) is 16.0 Å². The summed E-state index contributed by atoms with van der Waals surface area (Å²) in [5.41, 5.74) is 1.69. The van der Waals surface area contributed by atoms with Crippen LogP contribution in [0.3, 0.4) is 0 Å². The summed E-state index contributed by atoms with van der Waals surface area (Å²) in [4.78, 5) is 31.1. The summed E-state index contributed by atoms with van der Waals surface area (Å²) in [7, 11) is 3.13. The van der Waals surface area contributed by atoms with Crippen LogP contribution < -0.4 is 19.7 Å². The van der Waals surface area contributed by atoms with E-state index in [0.717, 1.165) is 30.0 Å². The minimum atomic E-state index is -0.361. The fourth-order valence-electron chi connectivity index (χ4n) is 3.40. The average Bonchev–Trinajstić information content (AvgIpc) is 3.32. The quantitative estimate of drug-likeness (QED) is 0.635. The Hall–Kier alpha value is -2.61. The zero-order chi connectivity index (χ0) is 20.8. The highest BCUT2D eigenvalue weighted by Crippen LogP contribution is 2.36. The number of anilines is 1. The summed E-state index contributed by atoms with van der Waals surface area (Å²) in [5, 5.41) is 6.16. The summed E-state index contributed by atoms with van der Waals surface area (Å²) < 4.78 is 10.6. The number of hydrogen-bond donors (Lipinski definition) is 1. The van der Waals surface area contributed by atoms with Crippen molar-refractivity contribution in [1.29, 1.82) is 0 Å². The van der Waals surface area contributed by atoms with E-state index in [9.17, 15) is 9.59 Å². The van der Waals surface area contributed by atoms with Gasteiger partial charge in [-0.1, -0.05) is 0 Å². The predicted octanol–water partition coefficient (Wildman–Crippen LogP) is 2.96. The summed E-state index contributed by atoms with van der Waals surface area (Å²) in [5.74, 6) is 0.693. The maximum Gasteiger partial charge on any atom is 0.227 e. The Morgan fingerprint density at radius 3 is 2.83 bits per heavy atom. The fourth-order valence-corrected chi connectivity index (χ4v) is 4.22. The lowest BCUT2D eigenvalue weighted by Crippen LogP contribution is -2.33. The van der Waals surface area contributed by atoms with Crippen LogP contribution in [0.5, 0.6) is 11.5 Å². The first-order chi connectivity index (χ1) is 14.0. The van der Waals surface area contributed by atoms with E-state index >= 15 is 0 Å². The van der Waals surface area contributed by atoms with Gasteiger partial charge in [0, 0.05) is 36.7 Å². The molecule has 1 N–H and O–H groups in total. The molecule has 0 radical (unpaired) electrons. The number of aromatic nitrogens is 1. The van der Waals surface area contributed by atoms with Crippen LogP contribution in [0, 0.1) is 12.8 Å². The van der Waals surface area contributed by atoms with Crippen LogP contribution in [0.4, 0.5) is 5.69 Å². The molecule has 1 aromatic heterocycles. The van der Waals surface area contributed by atoms with Crippen LogP contribution in [-0.4, -0.2) is 44.1 Å². The topological polar surface area (TPSA) is 80.8 Å². The summed E-state index contributed by atoms with van der Waals surface area (Å²) in [6, 6.07) is 5.30. The number of benzene rings is 1. The molecule has 29 heavy (non-hydrogen) atoms. The number of thiazole rings is 1. The Morgan fingerprint density at radius 2 is 2.14 bits per heavy atom. The zero-order valence-electron chi connectivity index (χ0n) is 17.1. The second-order valence-corrected chi connectivity index (χ2v) is 8.02. The number of hydrogen-bond acceptors (Lipinski definition) is 6. The molecule has 0 spiro atoms. The molecule has 1 aliphatic heterocycles. The zero-order valence-corrected chi connectivity index (χ0v) is 17.9. The highest BCUT2D eigenvalue weighted by atomic mass is 32.1. The van der Waals surface area contributed by atoms with Crippen LogP contribution in [0.15, 0.2) is 23.6 Å².